The van der Waals surface area contributed by atoms with Gasteiger partial charge < -0.3 is 20.7 Å². The van der Waals surface area contributed by atoms with Gasteiger partial charge in [-0.1, -0.05) is 53.5 Å². The van der Waals surface area contributed by atoms with E-state index in [1.807, 2.05) is 37.3 Å². The second-order valence-electron chi connectivity index (χ2n) is 7.40. The molecule has 33 heavy (non-hydrogen) atoms. The fourth-order valence-electron chi connectivity index (χ4n) is 3.32. The van der Waals surface area contributed by atoms with Crippen molar-refractivity contribution >= 4 is 40.7 Å². The molecular formula is C24H21Cl2N5O2. The fraction of sp³-hybridized carbons (Fsp3) is 0.125. The molecule has 0 unspecified atom stereocenters. The molecule has 0 fully saturated rings. The van der Waals surface area contributed by atoms with Gasteiger partial charge in [-0.05, 0) is 42.3 Å². The molecule has 4 aromatic rings. The Bertz CT molecular complexity index is 1280. The van der Waals surface area contributed by atoms with Crippen LogP contribution in [-0.4, -0.2) is 32.6 Å². The molecule has 0 aliphatic carbocycles. The lowest BCUT2D eigenvalue weighted by atomic mass is 10.1. The number of carbonyl (C=O) groups excluding carboxylic acids is 1. The van der Waals surface area contributed by atoms with Crippen molar-refractivity contribution in [2.75, 3.05) is 11.9 Å². The van der Waals surface area contributed by atoms with Gasteiger partial charge in [0.2, 0.25) is 5.95 Å². The molecule has 2 aromatic carbocycles. The van der Waals surface area contributed by atoms with Crippen LogP contribution in [-0.2, 0) is 0 Å². The minimum Gasteiger partial charge on any atom is -0.394 e. The summed E-state index contributed by atoms with van der Waals surface area (Å²) in [4.78, 5) is 24.7. The van der Waals surface area contributed by atoms with Crippen LogP contribution in [0.4, 0.5) is 11.6 Å². The molecule has 9 heteroatoms. The lowest BCUT2D eigenvalue weighted by Crippen LogP contribution is -2.30. The second kappa shape index (κ2) is 10.0. The Balaban J connectivity index is 1.54. The summed E-state index contributed by atoms with van der Waals surface area (Å²) >= 11 is 12.2. The maximum Gasteiger partial charge on any atom is 0.268 e. The van der Waals surface area contributed by atoms with Crippen molar-refractivity contribution in [3.63, 3.8) is 0 Å². The van der Waals surface area contributed by atoms with Gasteiger partial charge in [0.25, 0.3) is 5.91 Å². The molecule has 0 radical (unpaired) electrons. The molecule has 0 aliphatic rings. The van der Waals surface area contributed by atoms with Crippen molar-refractivity contribution < 1.29 is 9.90 Å². The highest BCUT2D eigenvalue weighted by Crippen LogP contribution is 2.29. The number of nitrogens with one attached hydrogen (secondary N) is 3. The van der Waals surface area contributed by atoms with Crippen molar-refractivity contribution in [2.45, 2.75) is 13.0 Å². The highest BCUT2D eigenvalue weighted by molar-refractivity contribution is 6.36. The lowest BCUT2D eigenvalue weighted by Gasteiger charge is -2.16. The standard InChI is InChI=1S/C24H21Cl2N5O2/c1-14-11-28-24(30-19-8-7-17(25)10-18(19)26)31-22(14)16-9-20(27-12-16)23(33)29-21(13-32)15-5-3-2-4-6-15/h2-12,21,27,32H,13H2,1H3,(H,29,33)(H,28,30,31)/t21-/m1/s1. The van der Waals surface area contributed by atoms with E-state index >= 15 is 0 Å². The summed E-state index contributed by atoms with van der Waals surface area (Å²) in [6, 6.07) is 15.6. The van der Waals surface area contributed by atoms with E-state index in [-0.39, 0.29) is 12.5 Å². The average Bonchev–Trinajstić information content (AvgIpc) is 3.31. The first-order valence-electron chi connectivity index (χ1n) is 10.2. The number of halogens is 2. The third-order valence-electron chi connectivity index (χ3n) is 5.04. The number of carbonyl (C=O) groups is 1. The van der Waals surface area contributed by atoms with Crippen molar-refractivity contribution in [3.8, 4) is 11.3 Å². The first-order valence-corrected chi connectivity index (χ1v) is 10.9. The number of hydrogen-bond donors (Lipinski definition) is 4. The fourth-order valence-corrected chi connectivity index (χ4v) is 3.78. The Kier molecular flexibility index (Phi) is 6.93. The summed E-state index contributed by atoms with van der Waals surface area (Å²) in [5, 5.41) is 16.6. The van der Waals surface area contributed by atoms with Gasteiger partial charge in [0, 0.05) is 23.0 Å². The molecule has 2 heterocycles. The SMILES string of the molecule is Cc1cnc(Nc2ccc(Cl)cc2Cl)nc1-c1c[nH]c(C(=O)N[C@H](CO)c2ccccc2)c1. The van der Waals surface area contributed by atoms with E-state index < -0.39 is 6.04 Å². The maximum absolute atomic E-state index is 12.8. The van der Waals surface area contributed by atoms with Crippen LogP contribution < -0.4 is 10.6 Å². The Labute approximate surface area is 200 Å². The number of benzene rings is 2. The zero-order chi connectivity index (χ0) is 23.4. The van der Waals surface area contributed by atoms with E-state index in [1.165, 1.54) is 0 Å². The van der Waals surface area contributed by atoms with E-state index in [4.69, 9.17) is 23.2 Å². The molecule has 1 amide bonds. The number of aliphatic hydroxyl groups is 1. The van der Waals surface area contributed by atoms with E-state index in [2.05, 4.69) is 25.6 Å². The molecule has 0 aliphatic heterocycles. The van der Waals surface area contributed by atoms with Crippen molar-refractivity contribution in [1.82, 2.24) is 20.3 Å². The smallest absolute Gasteiger partial charge is 0.268 e. The van der Waals surface area contributed by atoms with E-state index in [0.29, 0.717) is 33.1 Å². The third-order valence-corrected chi connectivity index (χ3v) is 5.59. The normalized spacial score (nSPS) is 11.8. The van der Waals surface area contributed by atoms with Crippen LogP contribution in [0.5, 0.6) is 0 Å². The maximum atomic E-state index is 12.8. The number of aliphatic hydroxyl groups excluding tert-OH is 1. The number of nitrogens with zero attached hydrogens (tertiary/aromatic N) is 2. The van der Waals surface area contributed by atoms with Gasteiger partial charge in [0.05, 0.1) is 29.1 Å². The topological polar surface area (TPSA) is 103 Å². The van der Waals surface area contributed by atoms with Gasteiger partial charge >= 0.3 is 0 Å². The molecule has 0 saturated carbocycles. The summed E-state index contributed by atoms with van der Waals surface area (Å²) in [5.74, 6) is 0.0265. The highest BCUT2D eigenvalue weighted by Gasteiger charge is 2.17. The van der Waals surface area contributed by atoms with Gasteiger partial charge in [-0.3, -0.25) is 4.79 Å². The number of aromatic nitrogens is 3. The van der Waals surface area contributed by atoms with E-state index in [1.54, 1.807) is 36.7 Å². The summed E-state index contributed by atoms with van der Waals surface area (Å²) in [7, 11) is 0. The van der Waals surface area contributed by atoms with Crippen LogP contribution in [0, 0.1) is 6.92 Å². The number of amides is 1. The second-order valence-corrected chi connectivity index (χ2v) is 8.24. The number of aryl methyl sites for hydroxylation is 1. The van der Waals surface area contributed by atoms with Crippen molar-refractivity contribution in [2.24, 2.45) is 0 Å². The van der Waals surface area contributed by atoms with Gasteiger partial charge in [0.15, 0.2) is 0 Å². The lowest BCUT2D eigenvalue weighted by molar-refractivity contribution is 0.0912. The van der Waals surface area contributed by atoms with Crippen molar-refractivity contribution in [3.05, 3.63) is 93.9 Å². The van der Waals surface area contributed by atoms with Crippen LogP contribution in [0.1, 0.15) is 27.7 Å². The molecule has 2 aromatic heterocycles. The summed E-state index contributed by atoms with van der Waals surface area (Å²) in [6.45, 7) is 1.68. The van der Waals surface area contributed by atoms with Gasteiger partial charge in [-0.25, -0.2) is 9.97 Å². The van der Waals surface area contributed by atoms with Gasteiger partial charge in [-0.2, -0.15) is 0 Å². The molecule has 0 spiro atoms. The first-order chi connectivity index (χ1) is 15.9. The third kappa shape index (κ3) is 5.34. The number of hydrogen-bond acceptors (Lipinski definition) is 5. The predicted molar refractivity (Wildman–Crippen MR) is 130 cm³/mol. The van der Waals surface area contributed by atoms with Crippen LogP contribution >= 0.6 is 23.2 Å². The first kappa shape index (κ1) is 22.8. The molecule has 1 atom stereocenters. The molecule has 4 rings (SSSR count). The Morgan fingerprint density at radius 3 is 2.67 bits per heavy atom. The monoisotopic (exact) mass is 481 g/mol. The number of rotatable bonds is 7. The van der Waals surface area contributed by atoms with E-state index in [0.717, 1.165) is 16.7 Å². The van der Waals surface area contributed by atoms with E-state index in [9.17, 15) is 9.90 Å². The number of H-pyrrole nitrogens is 1. The van der Waals surface area contributed by atoms with Crippen LogP contribution in [0.3, 0.4) is 0 Å². The summed E-state index contributed by atoms with van der Waals surface area (Å²) < 4.78 is 0. The summed E-state index contributed by atoms with van der Waals surface area (Å²) in [6.07, 6.45) is 3.40. The average molecular weight is 482 g/mol. The van der Waals surface area contributed by atoms with Crippen LogP contribution in [0.25, 0.3) is 11.3 Å². The minimum absolute atomic E-state index is 0.212. The Morgan fingerprint density at radius 2 is 1.94 bits per heavy atom. The number of aromatic amines is 1. The molecule has 0 bridgehead atoms. The molecule has 0 saturated heterocycles. The molecule has 168 valence electrons. The quantitative estimate of drug-likeness (QED) is 0.287. The van der Waals surface area contributed by atoms with Gasteiger partial charge in [0.1, 0.15) is 5.69 Å². The summed E-state index contributed by atoms with van der Waals surface area (Å²) in [5.41, 5.74) is 4.03. The van der Waals surface area contributed by atoms with Crippen LogP contribution in [0.15, 0.2) is 67.0 Å². The predicted octanol–water partition coefficient (Wildman–Crippen LogP) is 5.29. The minimum atomic E-state index is -0.508. The molecule has 4 N–H and O–H groups in total. The molecule has 7 nitrogen and oxygen atoms in total. The van der Waals surface area contributed by atoms with Crippen LogP contribution in [0.2, 0.25) is 10.0 Å². The van der Waals surface area contributed by atoms with Gasteiger partial charge in [-0.15, -0.1) is 0 Å². The van der Waals surface area contributed by atoms with Crippen molar-refractivity contribution in [1.29, 1.82) is 0 Å². The Morgan fingerprint density at radius 1 is 1.15 bits per heavy atom. The zero-order valence-electron chi connectivity index (χ0n) is 17.6. The Hall–Kier alpha value is -3.39. The highest BCUT2D eigenvalue weighted by atomic mass is 35.5. The largest absolute Gasteiger partial charge is 0.394 e. The molecular weight excluding hydrogens is 461 g/mol. The number of anilines is 2. The zero-order valence-corrected chi connectivity index (χ0v) is 19.2.